The Kier molecular flexibility index (Phi) is 27.5. The predicted octanol–water partition coefficient (Wildman–Crippen LogP) is 11.6. The van der Waals surface area contributed by atoms with E-state index in [0.717, 1.165) is 76.4 Å². The summed E-state index contributed by atoms with van der Waals surface area (Å²) in [6.45, 7) is 18.2. The number of halogens is 1. The first-order valence-electron chi connectivity index (χ1n) is 31.6. The summed E-state index contributed by atoms with van der Waals surface area (Å²) >= 11 is 0. The highest BCUT2D eigenvalue weighted by Crippen LogP contribution is 2.35. The van der Waals surface area contributed by atoms with Crippen molar-refractivity contribution in [3.8, 4) is 23.0 Å². The summed E-state index contributed by atoms with van der Waals surface area (Å²) in [6, 6.07) is 30.3. The molecule has 4 aromatic rings. The zero-order chi connectivity index (χ0) is 62.6. The van der Waals surface area contributed by atoms with E-state index in [4.69, 9.17) is 33.2 Å². The van der Waals surface area contributed by atoms with Crippen molar-refractivity contribution in [2.45, 2.75) is 179 Å². The van der Waals surface area contributed by atoms with Crippen molar-refractivity contribution < 1.29 is 57.1 Å². The number of hydrogen-bond acceptors (Lipinski definition) is 13. The summed E-state index contributed by atoms with van der Waals surface area (Å²) in [4.78, 5) is 77.8. The summed E-state index contributed by atoms with van der Waals surface area (Å²) in [5, 5.41) is 3.69. The zero-order valence-electron chi connectivity index (χ0n) is 54.0. The van der Waals surface area contributed by atoms with E-state index in [9.17, 15) is 24.0 Å². The number of piperidine rings is 2. The van der Waals surface area contributed by atoms with Crippen LogP contribution in [0.15, 0.2) is 97.1 Å². The fourth-order valence-electron chi connectivity index (χ4n) is 11.8. The first-order valence-corrected chi connectivity index (χ1v) is 31.6. The number of amides is 5. The third kappa shape index (κ3) is 20.2. The molecule has 1 N–H and O–H groups in total. The van der Waals surface area contributed by atoms with Gasteiger partial charge in [0, 0.05) is 131 Å². The summed E-state index contributed by atoms with van der Waals surface area (Å²) in [5.41, 5.74) is 1.86. The second kappa shape index (κ2) is 34.4. The third-order valence-corrected chi connectivity index (χ3v) is 16.5. The lowest BCUT2D eigenvalue weighted by molar-refractivity contribution is -0.00902. The van der Waals surface area contributed by atoms with Gasteiger partial charge < -0.3 is 63.0 Å². The Bertz CT molecular complexity index is 2820. The van der Waals surface area contributed by atoms with Crippen molar-refractivity contribution in [3.05, 3.63) is 119 Å². The average Bonchev–Trinajstić information content (AvgIpc) is 1.99. The summed E-state index contributed by atoms with van der Waals surface area (Å²) in [6.07, 6.45) is 10.1. The topological polar surface area (TPSA) is 178 Å². The molecule has 4 aromatic carbocycles. The lowest BCUT2D eigenvalue weighted by Crippen LogP contribution is -2.58. The SMILES string of the molecule is COCCCOc1cc(C(=O)N(C(C)C)[C@@H]2CC[C@H](CCN(C(=O)c3ccccc3)C3CC3)N(C(=O)OC(C)(C)C)C2)ccc1OC.COCCCOc1cc(C(=O)N(C(C)C)[C@@H]2CC[C@H](CCN(C(=O)c3ccccc3)C3CC3)NC2)ccc1OC.Cl. The molecule has 0 aromatic heterocycles. The van der Waals surface area contributed by atoms with E-state index >= 15 is 0 Å². The molecule has 4 aliphatic rings. The molecule has 0 unspecified atom stereocenters. The van der Waals surface area contributed by atoms with Gasteiger partial charge in [-0.25, -0.2) is 4.79 Å². The van der Waals surface area contributed by atoms with Crippen LogP contribution in [0.4, 0.5) is 4.79 Å². The molecule has 4 fully saturated rings. The maximum Gasteiger partial charge on any atom is 0.410 e. The Labute approximate surface area is 529 Å². The van der Waals surface area contributed by atoms with Crippen LogP contribution in [0.3, 0.4) is 0 Å². The number of carbonyl (C=O) groups is 5. The fraction of sp³-hybridized carbons (Fsp3) is 0.580. The van der Waals surface area contributed by atoms with Gasteiger partial charge >= 0.3 is 6.09 Å². The lowest BCUT2D eigenvalue weighted by Gasteiger charge is -2.45. The van der Waals surface area contributed by atoms with Crippen LogP contribution >= 0.6 is 12.4 Å². The van der Waals surface area contributed by atoms with Crippen LogP contribution in [0.2, 0.25) is 0 Å². The van der Waals surface area contributed by atoms with Crippen LogP contribution in [0.5, 0.6) is 23.0 Å². The molecule has 0 radical (unpaired) electrons. The summed E-state index contributed by atoms with van der Waals surface area (Å²) < 4.78 is 38.9. The molecule has 0 spiro atoms. The zero-order valence-corrected chi connectivity index (χ0v) is 54.9. The maximum absolute atomic E-state index is 14.1. The number of nitrogens with one attached hydrogen (secondary N) is 1. The van der Waals surface area contributed by atoms with Gasteiger partial charge in [0.1, 0.15) is 5.60 Å². The smallest absolute Gasteiger partial charge is 0.410 e. The minimum Gasteiger partial charge on any atom is -0.493 e. The first-order chi connectivity index (χ1) is 41.9. The first kappa shape index (κ1) is 70.5. The highest BCUT2D eigenvalue weighted by Gasteiger charge is 2.41. The molecule has 2 aliphatic heterocycles. The van der Waals surface area contributed by atoms with Gasteiger partial charge in [0.15, 0.2) is 23.0 Å². The number of likely N-dealkylation sites (tertiary alicyclic amines) is 1. The van der Waals surface area contributed by atoms with Crippen molar-refractivity contribution >= 4 is 42.1 Å². The van der Waals surface area contributed by atoms with Crippen molar-refractivity contribution in [2.24, 2.45) is 0 Å². The number of carbonyl (C=O) groups excluding carboxylic acids is 5. The monoisotopic (exact) mass is 1240 g/mol. The Morgan fingerprint density at radius 3 is 1.38 bits per heavy atom. The minimum absolute atomic E-state index is 0. The van der Waals surface area contributed by atoms with Crippen LogP contribution in [0, 0.1) is 0 Å². The molecule has 0 bridgehead atoms. The molecular weight excluding hydrogens is 1140 g/mol. The van der Waals surface area contributed by atoms with Gasteiger partial charge in [0.05, 0.1) is 33.5 Å². The fourth-order valence-corrected chi connectivity index (χ4v) is 11.8. The second-order valence-electron chi connectivity index (χ2n) is 24.9. The largest absolute Gasteiger partial charge is 0.493 e. The van der Waals surface area contributed by atoms with Gasteiger partial charge in [-0.05, 0) is 173 Å². The molecular formula is C69H99ClN6O12. The number of nitrogens with zero attached hydrogens (tertiary/aromatic N) is 5. The normalized spacial score (nSPS) is 18.2. The van der Waals surface area contributed by atoms with Gasteiger partial charge in [-0.15, -0.1) is 12.4 Å². The Hall–Kier alpha value is -6.60. The van der Waals surface area contributed by atoms with Gasteiger partial charge in [0.25, 0.3) is 23.6 Å². The molecule has 8 rings (SSSR count). The summed E-state index contributed by atoms with van der Waals surface area (Å²) in [7, 11) is 6.49. The van der Waals surface area contributed by atoms with Gasteiger partial charge in [0.2, 0.25) is 0 Å². The Morgan fingerprint density at radius 2 is 0.966 bits per heavy atom. The molecule has 2 aliphatic carbocycles. The molecule has 484 valence electrons. The van der Waals surface area contributed by atoms with Crippen molar-refractivity contribution in [1.29, 1.82) is 0 Å². The van der Waals surface area contributed by atoms with Gasteiger partial charge in [-0.1, -0.05) is 36.4 Å². The second-order valence-corrected chi connectivity index (χ2v) is 24.9. The number of ether oxygens (including phenoxy) is 7. The average molecular weight is 1240 g/mol. The molecule has 19 heteroatoms. The number of rotatable bonds is 28. The molecule has 5 amide bonds. The van der Waals surface area contributed by atoms with E-state index in [2.05, 4.69) is 24.1 Å². The van der Waals surface area contributed by atoms with E-state index in [0.29, 0.717) is 111 Å². The van der Waals surface area contributed by atoms with E-state index in [-0.39, 0.29) is 72.3 Å². The van der Waals surface area contributed by atoms with E-state index in [1.54, 1.807) is 63.7 Å². The standard InChI is InChI=1S/C37H53N3O7.C32H45N3O5.ClH/c1-26(2)40(35(42)28-14-19-32(45-7)33(24-28)46-23-11-22-44-6)31-18-17-30(39(25-31)36(43)47-37(3,4)5)20-21-38(29-15-16-29)34(41)27-12-9-8-10-13-27;1-23(2)35(32(37)25-11-16-29(39-4)30(21-25)40-20-8-19-38-3)28-13-12-26(33-22-28)17-18-34(27-14-15-27)31(36)24-9-6-5-7-10-24;/h8-10,12-14,19,24,26,29-31H,11,15-18,20-23,25H2,1-7H3;5-7,9-11,16,21,23,26-28,33H,8,12-15,17-20,22H2,1-4H3;1H/t30-,31-;26-,28-;/m11./s1. The highest BCUT2D eigenvalue weighted by molar-refractivity contribution is 5.97. The molecule has 2 saturated carbocycles. The van der Waals surface area contributed by atoms with Crippen LogP contribution in [-0.2, 0) is 14.2 Å². The van der Waals surface area contributed by atoms with Gasteiger partial charge in [-0.2, -0.15) is 0 Å². The van der Waals surface area contributed by atoms with Crippen LogP contribution in [0.25, 0.3) is 0 Å². The van der Waals surface area contributed by atoms with E-state index in [1.165, 1.54) is 0 Å². The maximum atomic E-state index is 14.1. The Balaban J connectivity index is 0.000000281. The number of benzene rings is 4. The van der Waals surface area contributed by atoms with Crippen molar-refractivity contribution in [2.75, 3.05) is 81.0 Å². The van der Waals surface area contributed by atoms with Crippen molar-refractivity contribution in [3.63, 3.8) is 0 Å². The minimum atomic E-state index is -0.672. The van der Waals surface area contributed by atoms with Crippen LogP contribution in [-0.4, -0.2) is 189 Å². The number of hydrogen-bond donors (Lipinski definition) is 1. The predicted molar refractivity (Wildman–Crippen MR) is 345 cm³/mol. The number of methoxy groups -OCH3 is 4. The molecule has 2 saturated heterocycles. The molecule has 2 heterocycles. The summed E-state index contributed by atoms with van der Waals surface area (Å²) in [5.74, 6) is 2.26. The molecule has 4 atom stereocenters. The molecule has 88 heavy (non-hydrogen) atoms. The highest BCUT2D eigenvalue weighted by atomic mass is 35.5. The third-order valence-electron chi connectivity index (χ3n) is 16.5. The quantitative estimate of drug-likeness (QED) is 0.0532. The van der Waals surface area contributed by atoms with Crippen LogP contribution in [0.1, 0.15) is 167 Å². The Morgan fingerprint density at radius 1 is 0.523 bits per heavy atom. The van der Waals surface area contributed by atoms with E-state index < -0.39 is 11.7 Å². The van der Waals surface area contributed by atoms with Gasteiger partial charge in [-0.3, -0.25) is 19.2 Å². The lowest BCUT2D eigenvalue weighted by atomic mass is 9.93. The van der Waals surface area contributed by atoms with Crippen molar-refractivity contribution in [1.82, 2.24) is 29.8 Å². The van der Waals surface area contributed by atoms with E-state index in [1.807, 2.05) is 116 Å². The molecule has 18 nitrogen and oxygen atoms in total. The van der Waals surface area contributed by atoms with Crippen LogP contribution < -0.4 is 24.3 Å².